The molecule has 4 fully saturated rings. The highest BCUT2D eigenvalue weighted by Crippen LogP contribution is 2.64. The van der Waals surface area contributed by atoms with E-state index in [9.17, 15) is 68.9 Å². The van der Waals surface area contributed by atoms with E-state index in [1.165, 1.54) is 56.9 Å². The van der Waals surface area contributed by atoms with Gasteiger partial charge in [0, 0.05) is 43.9 Å². The summed E-state index contributed by atoms with van der Waals surface area (Å²) in [5, 5.41) is 72.1. The Bertz CT molecular complexity index is 3180. The first-order valence-corrected chi connectivity index (χ1v) is 28.2. The monoisotopic (exact) mass is 1200 g/mol. The van der Waals surface area contributed by atoms with Gasteiger partial charge in [-0.2, -0.15) is 0 Å². The summed E-state index contributed by atoms with van der Waals surface area (Å²) in [5.74, 6) is -9.71. The van der Waals surface area contributed by atoms with Crippen LogP contribution >= 0.6 is 0 Å². The number of Topliss-reactive ketones (excluding diaryl/α,β-unsaturated/α-hetero) is 1. The van der Waals surface area contributed by atoms with Gasteiger partial charge in [0.2, 0.25) is 17.7 Å². The maximum absolute atomic E-state index is 15.2. The highest BCUT2D eigenvalue weighted by atomic mass is 16.6. The van der Waals surface area contributed by atoms with Crippen LogP contribution in [0.4, 0.5) is 10.5 Å². The molecule has 3 aliphatic carbocycles. The van der Waals surface area contributed by atoms with E-state index in [-0.39, 0.29) is 48.3 Å². The van der Waals surface area contributed by atoms with Gasteiger partial charge < -0.3 is 70.3 Å². The van der Waals surface area contributed by atoms with Crippen molar-refractivity contribution in [2.45, 2.75) is 147 Å². The molecule has 2 bridgehead atoms. The smallest absolute Gasteiger partial charge is 0.338 e. The number of likely N-dealkylation sites (tertiary alicyclic amines) is 1. The van der Waals surface area contributed by atoms with Crippen molar-refractivity contribution >= 4 is 59.1 Å². The van der Waals surface area contributed by atoms with Crippen molar-refractivity contribution in [2.24, 2.45) is 22.7 Å². The van der Waals surface area contributed by atoms with Gasteiger partial charge in [-0.15, -0.1) is 0 Å². The van der Waals surface area contributed by atoms with E-state index in [2.05, 4.69) is 21.3 Å². The number of aliphatic hydroxyl groups is 4. The van der Waals surface area contributed by atoms with E-state index in [0.29, 0.717) is 6.42 Å². The van der Waals surface area contributed by atoms with Crippen LogP contribution in [0.2, 0.25) is 0 Å². The van der Waals surface area contributed by atoms with E-state index in [0.717, 1.165) is 24.6 Å². The number of hydrogen-bond acceptors (Lipinski definition) is 20. The molecule has 3 aromatic carbocycles. The first kappa shape index (κ1) is 63.8. The van der Waals surface area contributed by atoms with Crippen molar-refractivity contribution in [3.05, 3.63) is 123 Å². The molecule has 86 heavy (non-hydrogen) atoms. The third-order valence-corrected chi connectivity index (χ3v) is 17.6. The lowest BCUT2D eigenvalue weighted by molar-refractivity contribution is -0.384. The zero-order valence-corrected chi connectivity index (χ0v) is 48.5. The summed E-state index contributed by atoms with van der Waals surface area (Å²) in [6, 6.07) is 16.0. The second-order valence-electron chi connectivity index (χ2n) is 23.5. The number of esters is 4. The number of non-ortho nitro benzene ring substituents is 1. The number of nitrogens with one attached hydrogen (secondary N) is 4. The molecule has 2 aliphatic heterocycles. The van der Waals surface area contributed by atoms with Crippen LogP contribution in [0.5, 0.6) is 0 Å². The number of ketones is 1. The number of amides is 5. The van der Waals surface area contributed by atoms with Crippen LogP contribution in [0, 0.1) is 32.8 Å². The normalized spacial score (nSPS) is 28.3. The molecule has 0 spiro atoms. The molecule has 8 rings (SSSR count). The summed E-state index contributed by atoms with van der Waals surface area (Å²) in [6.45, 7) is 8.57. The average Bonchev–Trinajstić information content (AvgIpc) is 0.722. The van der Waals surface area contributed by atoms with Crippen LogP contribution in [0.1, 0.15) is 102 Å². The van der Waals surface area contributed by atoms with Crippen molar-refractivity contribution in [1.29, 1.82) is 0 Å². The third kappa shape index (κ3) is 12.3. The second kappa shape index (κ2) is 25.4. The second-order valence-corrected chi connectivity index (χ2v) is 23.5. The number of carbonyl (C=O) groups excluding carboxylic acids is 9. The van der Waals surface area contributed by atoms with E-state index >= 15 is 4.79 Å². The molecule has 26 heteroatoms. The largest absolute Gasteiger partial charge is 0.460 e. The SMILES string of the molecule is CC(=O)O[C@@]12COC1C[C@H](O)[C@@]1(C)C(=O)[C@H](O)C3=C(C)[C@@H](OC(=O)C(O)[C@@H](NC(=O)N[C@H](C(=O)N4CCC[C@H]4C(=O)NCC(=O)NCC(=O)OCc4ccccc4)C(C)C)c4ccccc4)C[C@@](O)([C@@H](OC(=O)c4cccc([N+](=O)[O-])c4)C21)C3(C)C. The van der Waals surface area contributed by atoms with Gasteiger partial charge in [-0.25, -0.2) is 14.4 Å². The van der Waals surface area contributed by atoms with Crippen LogP contribution in [0.3, 0.4) is 0 Å². The number of nitrogens with zero attached hydrogens (tertiary/aromatic N) is 2. The summed E-state index contributed by atoms with van der Waals surface area (Å²) in [5.41, 5.74) is -8.79. The first-order valence-electron chi connectivity index (χ1n) is 28.2. The Balaban J connectivity index is 1.03. The molecule has 5 aliphatic rings. The molecular weight excluding hydrogens is 1120 g/mol. The molecule has 26 nitrogen and oxygen atoms in total. The molecule has 3 unspecified atom stereocenters. The van der Waals surface area contributed by atoms with Crippen molar-refractivity contribution < 1.29 is 92.2 Å². The Morgan fingerprint density at radius 1 is 0.895 bits per heavy atom. The number of urea groups is 1. The lowest BCUT2D eigenvalue weighted by Crippen LogP contribution is -2.81. The van der Waals surface area contributed by atoms with Crippen molar-refractivity contribution in [3.63, 3.8) is 0 Å². The summed E-state index contributed by atoms with van der Waals surface area (Å²) in [7, 11) is 0. The quantitative estimate of drug-likeness (QED) is 0.0279. The zero-order chi connectivity index (χ0) is 62.8. The fraction of sp³-hybridized carbons (Fsp3) is 0.517. The first-order chi connectivity index (χ1) is 40.6. The molecule has 0 aromatic heterocycles. The Kier molecular flexibility index (Phi) is 18.9. The number of nitro groups is 1. The summed E-state index contributed by atoms with van der Waals surface area (Å²) in [6.07, 6.45) is -11.5. The molecule has 8 N–H and O–H groups in total. The van der Waals surface area contributed by atoms with E-state index in [1.807, 2.05) is 6.07 Å². The number of carbonyl (C=O) groups is 9. The summed E-state index contributed by atoms with van der Waals surface area (Å²) < 4.78 is 29.4. The third-order valence-electron chi connectivity index (χ3n) is 17.6. The van der Waals surface area contributed by atoms with Crippen molar-refractivity contribution in [2.75, 3.05) is 26.2 Å². The maximum Gasteiger partial charge on any atom is 0.338 e. The molecule has 2 saturated heterocycles. The van der Waals surface area contributed by atoms with Gasteiger partial charge >= 0.3 is 29.9 Å². The average molecular weight is 1200 g/mol. The van der Waals surface area contributed by atoms with Crippen molar-refractivity contribution in [1.82, 2.24) is 26.2 Å². The predicted octanol–water partition coefficient (Wildman–Crippen LogP) is 1.93. The summed E-state index contributed by atoms with van der Waals surface area (Å²) in [4.78, 5) is 137. The number of ether oxygens (including phenoxy) is 5. The maximum atomic E-state index is 15.2. The van der Waals surface area contributed by atoms with Gasteiger partial charge in [-0.1, -0.05) is 94.4 Å². The fourth-order valence-corrected chi connectivity index (χ4v) is 12.9. The molecular formula is C60H72N6O20. The highest BCUT2D eigenvalue weighted by molar-refractivity contribution is 5.96. The Morgan fingerprint density at radius 3 is 2.20 bits per heavy atom. The van der Waals surface area contributed by atoms with E-state index < -0.39 is 179 Å². The Hall–Kier alpha value is -8.17. The standard InChI is InChI=1S/C60H72N6O20/c1-31(2)45(53(75)65-23-15-22-38(65)52(74)62-27-42(69)61-28-43(70)82-29-34-16-10-8-11-17-34)63-56(78)64-46(35-18-12-9-13-19-35)48(72)55(77)84-39-26-60(79)51(85-54(76)36-20-14-21-37(24-36)66(80)81)49-58(7,50(73)47(71)44(32(39)3)57(60,5)6)40(68)25-41-59(49,30-83-41)86-33(4)67/h8-14,16-21,24,31,38-41,45-49,51,68,71-72,79H,15,22-23,25-30H2,1-7H3,(H,61,69)(H,62,74)(H2,63,64,78)/t38-,39-,40-,41?,45-,46-,47+,48?,49?,51-,58+,59-,60+/m0/s1. The van der Waals surface area contributed by atoms with Gasteiger partial charge in [-0.3, -0.25) is 38.9 Å². The molecule has 13 atom stereocenters. The molecule has 5 amide bonds. The molecule has 0 radical (unpaired) electrons. The van der Waals surface area contributed by atoms with Gasteiger partial charge in [0.05, 0.1) is 47.1 Å². The minimum absolute atomic E-state index is 0.00282. The van der Waals surface area contributed by atoms with Crippen LogP contribution in [0.15, 0.2) is 96.1 Å². The lowest BCUT2D eigenvalue weighted by Gasteiger charge is -2.67. The number of benzene rings is 3. The van der Waals surface area contributed by atoms with Crippen molar-refractivity contribution in [3.8, 4) is 0 Å². The van der Waals surface area contributed by atoms with Gasteiger partial charge in [0.15, 0.2) is 17.5 Å². The topological polar surface area (TPSA) is 375 Å². The minimum atomic E-state index is -2.61. The lowest BCUT2D eigenvalue weighted by atomic mass is 9.44. The predicted molar refractivity (Wildman–Crippen MR) is 298 cm³/mol. The fourth-order valence-electron chi connectivity index (χ4n) is 12.9. The number of aliphatic hydroxyl groups excluding tert-OH is 3. The minimum Gasteiger partial charge on any atom is -0.460 e. The molecule has 3 aromatic rings. The van der Waals surface area contributed by atoms with E-state index in [1.54, 1.807) is 56.3 Å². The summed E-state index contributed by atoms with van der Waals surface area (Å²) >= 11 is 0. The number of nitro benzene ring substituents is 1. The Morgan fingerprint density at radius 2 is 1.57 bits per heavy atom. The zero-order valence-electron chi connectivity index (χ0n) is 48.5. The van der Waals surface area contributed by atoms with Crippen LogP contribution in [-0.2, 0) is 63.9 Å². The van der Waals surface area contributed by atoms with Gasteiger partial charge in [0.1, 0.15) is 55.3 Å². The van der Waals surface area contributed by atoms with Crippen LogP contribution < -0.4 is 21.3 Å². The van der Waals surface area contributed by atoms with Crippen LogP contribution in [-0.4, -0.2) is 170 Å². The molecule has 2 saturated carbocycles. The number of hydrogen-bond donors (Lipinski definition) is 8. The molecule has 2 heterocycles. The van der Waals surface area contributed by atoms with Gasteiger partial charge in [-0.05, 0) is 60.9 Å². The van der Waals surface area contributed by atoms with Gasteiger partial charge in [0.25, 0.3) is 5.69 Å². The Labute approximate surface area is 494 Å². The molecule has 462 valence electrons. The van der Waals surface area contributed by atoms with Crippen LogP contribution in [0.25, 0.3) is 0 Å². The number of rotatable bonds is 19. The highest BCUT2D eigenvalue weighted by Gasteiger charge is 2.78. The number of fused-ring (bicyclic) bond motifs is 5. The van der Waals surface area contributed by atoms with E-state index in [4.69, 9.17) is 23.7 Å².